The summed E-state index contributed by atoms with van der Waals surface area (Å²) in [5.41, 5.74) is 1.74. The Morgan fingerprint density at radius 2 is 2.17 bits per heavy atom. The van der Waals surface area contributed by atoms with E-state index in [2.05, 4.69) is 10.3 Å². The standard InChI is InChI=1S/C11H7ClN2O3S/c12-7-3-1-2-6(11(16)17)9(7)14-10(15)8-4-18-5-13-8/h1-5H,(H,14,15)(H,16,17). The molecule has 0 atom stereocenters. The fourth-order valence-electron chi connectivity index (χ4n) is 1.33. The molecule has 0 saturated heterocycles. The first-order chi connectivity index (χ1) is 8.59. The Balaban J connectivity index is 2.34. The number of aromatic nitrogens is 1. The lowest BCUT2D eigenvalue weighted by atomic mass is 10.1. The number of thiazole rings is 1. The number of aromatic carboxylic acids is 1. The van der Waals surface area contributed by atoms with E-state index in [9.17, 15) is 9.59 Å². The van der Waals surface area contributed by atoms with E-state index in [1.165, 1.54) is 35.0 Å². The topological polar surface area (TPSA) is 79.3 Å². The maximum atomic E-state index is 11.8. The molecule has 5 nitrogen and oxygen atoms in total. The highest BCUT2D eigenvalue weighted by Gasteiger charge is 2.17. The number of carboxylic acid groups (broad SMARTS) is 1. The van der Waals surface area contributed by atoms with Gasteiger partial charge in [0.15, 0.2) is 0 Å². The molecule has 0 aliphatic carbocycles. The Morgan fingerprint density at radius 3 is 2.78 bits per heavy atom. The third kappa shape index (κ3) is 2.49. The smallest absolute Gasteiger partial charge is 0.337 e. The van der Waals surface area contributed by atoms with E-state index >= 15 is 0 Å². The molecule has 1 aromatic heterocycles. The molecule has 1 amide bonds. The zero-order valence-electron chi connectivity index (χ0n) is 8.88. The van der Waals surface area contributed by atoms with E-state index in [4.69, 9.17) is 16.7 Å². The van der Waals surface area contributed by atoms with Gasteiger partial charge in [-0.3, -0.25) is 4.79 Å². The number of carboxylic acids is 1. The van der Waals surface area contributed by atoms with Gasteiger partial charge in [0.05, 0.1) is 21.8 Å². The van der Waals surface area contributed by atoms with Gasteiger partial charge in [-0.2, -0.15) is 0 Å². The van der Waals surface area contributed by atoms with E-state index < -0.39 is 11.9 Å². The van der Waals surface area contributed by atoms with E-state index in [-0.39, 0.29) is 22.0 Å². The number of carbonyl (C=O) groups excluding carboxylic acids is 1. The zero-order chi connectivity index (χ0) is 13.1. The number of para-hydroxylation sites is 1. The molecule has 1 heterocycles. The first kappa shape index (κ1) is 12.5. The van der Waals surface area contributed by atoms with Gasteiger partial charge in [-0.25, -0.2) is 9.78 Å². The van der Waals surface area contributed by atoms with E-state index in [0.717, 1.165) is 0 Å². The number of halogens is 1. The van der Waals surface area contributed by atoms with Crippen LogP contribution in [0.25, 0.3) is 0 Å². The number of benzene rings is 1. The molecule has 0 bridgehead atoms. The van der Waals surface area contributed by atoms with Crippen molar-refractivity contribution in [2.45, 2.75) is 0 Å². The lowest BCUT2D eigenvalue weighted by Crippen LogP contribution is -2.15. The quantitative estimate of drug-likeness (QED) is 0.907. The van der Waals surface area contributed by atoms with Crippen LogP contribution in [0.1, 0.15) is 20.8 Å². The predicted molar refractivity (Wildman–Crippen MR) is 68.5 cm³/mol. The molecule has 7 heteroatoms. The van der Waals surface area contributed by atoms with Gasteiger partial charge in [-0.1, -0.05) is 17.7 Å². The SMILES string of the molecule is O=C(Nc1c(Cl)cccc1C(=O)O)c1cscn1. The highest BCUT2D eigenvalue weighted by molar-refractivity contribution is 7.07. The molecule has 0 aliphatic heterocycles. The van der Waals surface area contributed by atoms with Crippen LogP contribution in [0, 0.1) is 0 Å². The number of hydrogen-bond donors (Lipinski definition) is 2. The molecule has 0 saturated carbocycles. The van der Waals surface area contributed by atoms with Crippen molar-refractivity contribution in [2.24, 2.45) is 0 Å². The Kier molecular flexibility index (Phi) is 3.59. The molecule has 0 radical (unpaired) electrons. The molecule has 0 unspecified atom stereocenters. The van der Waals surface area contributed by atoms with E-state index in [1.54, 1.807) is 5.38 Å². The lowest BCUT2D eigenvalue weighted by molar-refractivity contribution is 0.0698. The minimum atomic E-state index is -1.16. The van der Waals surface area contributed by atoms with Gasteiger partial charge < -0.3 is 10.4 Å². The molecular weight excluding hydrogens is 276 g/mol. The average molecular weight is 283 g/mol. The molecule has 1 aromatic carbocycles. The fraction of sp³-hybridized carbons (Fsp3) is 0. The van der Waals surface area contributed by atoms with Gasteiger partial charge in [0.2, 0.25) is 0 Å². The van der Waals surface area contributed by atoms with Gasteiger partial charge in [0.25, 0.3) is 5.91 Å². The van der Waals surface area contributed by atoms with Crippen LogP contribution in [0.2, 0.25) is 5.02 Å². The summed E-state index contributed by atoms with van der Waals surface area (Å²) in [7, 11) is 0. The van der Waals surface area contributed by atoms with Crippen molar-refractivity contribution in [3.63, 3.8) is 0 Å². The number of hydrogen-bond acceptors (Lipinski definition) is 4. The molecule has 0 spiro atoms. The number of anilines is 1. The Labute approximate surface area is 111 Å². The molecule has 92 valence electrons. The Hall–Kier alpha value is -1.92. The van der Waals surface area contributed by atoms with Gasteiger partial charge in [-0.15, -0.1) is 11.3 Å². The van der Waals surface area contributed by atoms with Crippen LogP contribution in [0.5, 0.6) is 0 Å². The minimum Gasteiger partial charge on any atom is -0.478 e. The zero-order valence-corrected chi connectivity index (χ0v) is 10.5. The van der Waals surface area contributed by atoms with Crippen LogP contribution in [-0.2, 0) is 0 Å². The van der Waals surface area contributed by atoms with Crippen molar-refractivity contribution in [1.82, 2.24) is 4.98 Å². The molecule has 18 heavy (non-hydrogen) atoms. The monoisotopic (exact) mass is 282 g/mol. The van der Waals surface area contributed by atoms with Crippen molar-refractivity contribution in [3.8, 4) is 0 Å². The van der Waals surface area contributed by atoms with Crippen LogP contribution < -0.4 is 5.32 Å². The van der Waals surface area contributed by atoms with Crippen molar-refractivity contribution in [3.05, 3.63) is 45.4 Å². The summed E-state index contributed by atoms with van der Waals surface area (Å²) in [6.07, 6.45) is 0. The van der Waals surface area contributed by atoms with E-state index in [0.29, 0.717) is 0 Å². The maximum absolute atomic E-state index is 11.8. The summed E-state index contributed by atoms with van der Waals surface area (Å²) in [5, 5.41) is 13.2. The average Bonchev–Trinajstić information content (AvgIpc) is 2.85. The summed E-state index contributed by atoms with van der Waals surface area (Å²) >= 11 is 7.16. The predicted octanol–water partition coefficient (Wildman–Crippen LogP) is 2.75. The molecule has 0 fully saturated rings. The van der Waals surface area contributed by atoms with Gasteiger partial charge in [0, 0.05) is 5.38 Å². The Morgan fingerprint density at radius 1 is 1.39 bits per heavy atom. The van der Waals surface area contributed by atoms with Crippen LogP contribution in [0.4, 0.5) is 5.69 Å². The summed E-state index contributed by atoms with van der Waals surface area (Å²) in [6, 6.07) is 4.37. The molecule has 2 aromatic rings. The van der Waals surface area contributed by atoms with Crippen LogP contribution in [0.3, 0.4) is 0 Å². The number of amides is 1. The fourth-order valence-corrected chi connectivity index (χ4v) is 2.09. The maximum Gasteiger partial charge on any atom is 0.337 e. The van der Waals surface area contributed by atoms with Gasteiger partial charge >= 0.3 is 5.97 Å². The number of nitrogens with zero attached hydrogens (tertiary/aromatic N) is 1. The van der Waals surface area contributed by atoms with Crippen molar-refractivity contribution < 1.29 is 14.7 Å². The van der Waals surface area contributed by atoms with Crippen molar-refractivity contribution >= 4 is 40.5 Å². The second kappa shape index (κ2) is 5.16. The third-order valence-electron chi connectivity index (χ3n) is 2.15. The number of nitrogens with one attached hydrogen (secondary N) is 1. The van der Waals surface area contributed by atoms with Gasteiger partial charge in [-0.05, 0) is 12.1 Å². The number of rotatable bonds is 3. The molecule has 0 aliphatic rings. The molecular formula is C11H7ClN2O3S. The molecule has 2 N–H and O–H groups in total. The summed E-state index contributed by atoms with van der Waals surface area (Å²) in [6.45, 7) is 0. The minimum absolute atomic E-state index is 0.0638. The Bertz CT molecular complexity index is 598. The van der Waals surface area contributed by atoms with Gasteiger partial charge in [0.1, 0.15) is 5.69 Å². The normalized spacial score (nSPS) is 10.1. The summed E-state index contributed by atoms with van der Waals surface area (Å²) < 4.78 is 0. The summed E-state index contributed by atoms with van der Waals surface area (Å²) in [5.74, 6) is -1.65. The highest BCUT2D eigenvalue weighted by Crippen LogP contribution is 2.26. The first-order valence-corrected chi connectivity index (χ1v) is 6.13. The van der Waals surface area contributed by atoms with Crippen LogP contribution in [-0.4, -0.2) is 22.0 Å². The lowest BCUT2D eigenvalue weighted by Gasteiger charge is -2.09. The first-order valence-electron chi connectivity index (χ1n) is 4.81. The number of carbonyl (C=O) groups is 2. The van der Waals surface area contributed by atoms with Crippen LogP contribution >= 0.6 is 22.9 Å². The van der Waals surface area contributed by atoms with E-state index in [1.807, 2.05) is 0 Å². The second-order valence-electron chi connectivity index (χ2n) is 3.30. The molecule has 2 rings (SSSR count). The van der Waals surface area contributed by atoms with Crippen molar-refractivity contribution in [1.29, 1.82) is 0 Å². The second-order valence-corrected chi connectivity index (χ2v) is 4.42. The van der Waals surface area contributed by atoms with Crippen LogP contribution in [0.15, 0.2) is 29.1 Å². The summed E-state index contributed by atoms with van der Waals surface area (Å²) in [4.78, 5) is 26.6. The highest BCUT2D eigenvalue weighted by atomic mass is 35.5. The third-order valence-corrected chi connectivity index (χ3v) is 3.05. The largest absolute Gasteiger partial charge is 0.478 e. The van der Waals surface area contributed by atoms with Crippen molar-refractivity contribution in [2.75, 3.05) is 5.32 Å².